The molecule has 0 radical (unpaired) electrons. The molecule has 1 aromatic heterocycles. The molecule has 0 aromatic carbocycles. The Kier molecular flexibility index (Phi) is 3.47. The molecule has 15 heavy (non-hydrogen) atoms. The van der Waals surface area contributed by atoms with Crippen molar-refractivity contribution in [3.63, 3.8) is 0 Å². The van der Waals surface area contributed by atoms with Gasteiger partial charge in [-0.25, -0.2) is 0 Å². The molecule has 0 spiro atoms. The first kappa shape index (κ1) is 11.7. The van der Waals surface area contributed by atoms with E-state index in [2.05, 4.69) is 9.84 Å². The van der Waals surface area contributed by atoms with Crippen LogP contribution in [0.15, 0.2) is 6.07 Å². The van der Waals surface area contributed by atoms with Crippen LogP contribution >= 0.6 is 0 Å². The largest absolute Gasteiger partial charge is 0.468 e. The Balaban J connectivity index is 2.89. The van der Waals surface area contributed by atoms with E-state index in [9.17, 15) is 4.79 Å². The molecule has 5 nitrogen and oxygen atoms in total. The van der Waals surface area contributed by atoms with Gasteiger partial charge in [-0.05, 0) is 26.8 Å². The number of ether oxygens (including phenoxy) is 1. The zero-order valence-corrected chi connectivity index (χ0v) is 9.52. The zero-order chi connectivity index (χ0) is 11.6. The fourth-order valence-electron chi connectivity index (χ4n) is 1.54. The van der Waals surface area contributed by atoms with E-state index in [1.807, 2.05) is 26.8 Å². The van der Waals surface area contributed by atoms with Gasteiger partial charge in [-0.2, -0.15) is 5.10 Å². The molecule has 1 rings (SSSR count). The predicted molar refractivity (Wildman–Crippen MR) is 56.4 cm³/mol. The monoisotopic (exact) mass is 211 g/mol. The summed E-state index contributed by atoms with van der Waals surface area (Å²) in [6, 6.07) is 1.06. The van der Waals surface area contributed by atoms with Gasteiger partial charge in [-0.3, -0.25) is 9.48 Å². The van der Waals surface area contributed by atoms with Crippen molar-refractivity contribution in [1.29, 1.82) is 0 Å². The van der Waals surface area contributed by atoms with Gasteiger partial charge in [0.2, 0.25) is 0 Å². The highest BCUT2D eigenvalue weighted by Crippen LogP contribution is 2.13. The number of hydrogen-bond acceptors (Lipinski definition) is 4. The van der Waals surface area contributed by atoms with E-state index in [-0.39, 0.29) is 6.04 Å². The molecule has 1 heterocycles. The van der Waals surface area contributed by atoms with Crippen molar-refractivity contribution in [2.24, 2.45) is 5.73 Å². The van der Waals surface area contributed by atoms with E-state index in [4.69, 9.17) is 5.73 Å². The first-order valence-electron chi connectivity index (χ1n) is 4.83. The first-order chi connectivity index (χ1) is 6.97. The minimum absolute atomic E-state index is 0.203. The Labute approximate surface area is 89.2 Å². The van der Waals surface area contributed by atoms with Crippen LogP contribution in [-0.4, -0.2) is 28.9 Å². The Morgan fingerprint density at radius 2 is 2.20 bits per heavy atom. The van der Waals surface area contributed by atoms with Gasteiger partial charge in [0.25, 0.3) is 0 Å². The molecular formula is C10H17N3O2. The standard InChI is InChI=1S/C10H17N3O2/c1-6-5-7(2)13(12-6)8(3)9(11)10(14)15-4/h5,8-9H,11H2,1-4H3. The summed E-state index contributed by atoms with van der Waals surface area (Å²) in [5.41, 5.74) is 7.64. The fraction of sp³-hybridized carbons (Fsp3) is 0.600. The lowest BCUT2D eigenvalue weighted by Crippen LogP contribution is -2.39. The molecule has 84 valence electrons. The molecule has 5 heteroatoms. The van der Waals surface area contributed by atoms with Gasteiger partial charge in [0.15, 0.2) is 0 Å². The topological polar surface area (TPSA) is 70.1 Å². The maximum Gasteiger partial charge on any atom is 0.324 e. The van der Waals surface area contributed by atoms with Crippen LogP contribution in [0.3, 0.4) is 0 Å². The number of rotatable bonds is 3. The average Bonchev–Trinajstić information content (AvgIpc) is 2.54. The molecule has 2 unspecified atom stereocenters. The second kappa shape index (κ2) is 4.44. The van der Waals surface area contributed by atoms with E-state index < -0.39 is 12.0 Å². The van der Waals surface area contributed by atoms with Crippen LogP contribution in [0.4, 0.5) is 0 Å². The number of carbonyl (C=O) groups excluding carboxylic acids is 1. The molecule has 2 atom stereocenters. The number of nitrogens with zero attached hydrogens (tertiary/aromatic N) is 2. The van der Waals surface area contributed by atoms with Crippen LogP contribution in [0.5, 0.6) is 0 Å². The number of aromatic nitrogens is 2. The van der Waals surface area contributed by atoms with Crippen LogP contribution in [0.25, 0.3) is 0 Å². The van der Waals surface area contributed by atoms with E-state index in [0.29, 0.717) is 0 Å². The number of nitrogens with two attached hydrogens (primary N) is 1. The Hall–Kier alpha value is -1.36. The summed E-state index contributed by atoms with van der Waals surface area (Å²) >= 11 is 0. The zero-order valence-electron chi connectivity index (χ0n) is 9.52. The Bertz CT molecular complexity index is 360. The summed E-state index contributed by atoms with van der Waals surface area (Å²) in [6.45, 7) is 5.68. The predicted octanol–water partition coefficient (Wildman–Crippen LogP) is 0.561. The van der Waals surface area contributed by atoms with Gasteiger partial charge in [-0.1, -0.05) is 0 Å². The van der Waals surface area contributed by atoms with Crippen LogP contribution in [0.1, 0.15) is 24.4 Å². The molecule has 0 amide bonds. The maximum atomic E-state index is 11.3. The fourth-order valence-corrected chi connectivity index (χ4v) is 1.54. The van der Waals surface area contributed by atoms with E-state index in [1.165, 1.54) is 7.11 Å². The van der Waals surface area contributed by atoms with Crippen molar-refractivity contribution in [3.05, 3.63) is 17.5 Å². The molecule has 0 aliphatic rings. The normalized spacial score (nSPS) is 14.7. The molecular weight excluding hydrogens is 194 g/mol. The lowest BCUT2D eigenvalue weighted by atomic mass is 10.1. The minimum Gasteiger partial charge on any atom is -0.468 e. The molecule has 0 saturated heterocycles. The van der Waals surface area contributed by atoms with Crippen molar-refractivity contribution >= 4 is 5.97 Å². The minimum atomic E-state index is -0.687. The lowest BCUT2D eigenvalue weighted by molar-refractivity contribution is -0.143. The second-order valence-corrected chi connectivity index (χ2v) is 3.66. The van der Waals surface area contributed by atoms with Crippen molar-refractivity contribution in [1.82, 2.24) is 9.78 Å². The third kappa shape index (κ3) is 2.36. The van der Waals surface area contributed by atoms with Gasteiger partial charge < -0.3 is 10.5 Å². The summed E-state index contributed by atoms with van der Waals surface area (Å²) in [5.74, 6) is -0.421. The van der Waals surface area contributed by atoms with Crippen LogP contribution in [0.2, 0.25) is 0 Å². The van der Waals surface area contributed by atoms with Crippen molar-refractivity contribution in [3.8, 4) is 0 Å². The Morgan fingerprint density at radius 3 is 2.60 bits per heavy atom. The molecule has 0 saturated carbocycles. The highest BCUT2D eigenvalue weighted by atomic mass is 16.5. The molecule has 2 N–H and O–H groups in total. The Morgan fingerprint density at radius 1 is 1.60 bits per heavy atom. The van der Waals surface area contributed by atoms with Gasteiger partial charge >= 0.3 is 5.97 Å². The number of aryl methyl sites for hydroxylation is 2. The van der Waals surface area contributed by atoms with Gasteiger partial charge in [-0.15, -0.1) is 0 Å². The van der Waals surface area contributed by atoms with E-state index >= 15 is 0 Å². The quantitative estimate of drug-likeness (QED) is 0.742. The summed E-state index contributed by atoms with van der Waals surface area (Å²) in [4.78, 5) is 11.3. The van der Waals surface area contributed by atoms with Crippen LogP contribution in [0, 0.1) is 13.8 Å². The number of esters is 1. The van der Waals surface area contributed by atoms with Gasteiger partial charge in [0.05, 0.1) is 18.8 Å². The number of methoxy groups -OCH3 is 1. The third-order valence-electron chi connectivity index (χ3n) is 2.42. The summed E-state index contributed by atoms with van der Waals surface area (Å²) < 4.78 is 6.34. The molecule has 0 fully saturated rings. The lowest BCUT2D eigenvalue weighted by Gasteiger charge is -2.19. The van der Waals surface area contributed by atoms with Crippen LogP contribution in [-0.2, 0) is 9.53 Å². The highest BCUT2D eigenvalue weighted by Gasteiger charge is 2.24. The van der Waals surface area contributed by atoms with E-state index in [1.54, 1.807) is 4.68 Å². The smallest absolute Gasteiger partial charge is 0.324 e. The van der Waals surface area contributed by atoms with Crippen molar-refractivity contribution < 1.29 is 9.53 Å². The van der Waals surface area contributed by atoms with Gasteiger partial charge in [0.1, 0.15) is 6.04 Å². The van der Waals surface area contributed by atoms with E-state index in [0.717, 1.165) is 11.4 Å². The summed E-state index contributed by atoms with van der Waals surface area (Å²) in [7, 11) is 1.33. The number of hydrogen-bond donors (Lipinski definition) is 1. The molecule has 0 aliphatic carbocycles. The molecule has 0 bridgehead atoms. The summed E-state index contributed by atoms with van der Waals surface area (Å²) in [6.07, 6.45) is 0. The first-order valence-corrected chi connectivity index (χ1v) is 4.83. The summed E-state index contributed by atoms with van der Waals surface area (Å²) in [5, 5.41) is 4.28. The molecule has 0 aliphatic heterocycles. The van der Waals surface area contributed by atoms with Crippen molar-refractivity contribution in [2.75, 3.05) is 7.11 Å². The molecule has 1 aromatic rings. The maximum absolute atomic E-state index is 11.3. The van der Waals surface area contributed by atoms with Crippen molar-refractivity contribution in [2.45, 2.75) is 32.9 Å². The number of carbonyl (C=O) groups is 1. The van der Waals surface area contributed by atoms with Gasteiger partial charge in [0, 0.05) is 5.69 Å². The van der Waals surface area contributed by atoms with Crippen LogP contribution < -0.4 is 5.73 Å². The SMILES string of the molecule is COC(=O)C(N)C(C)n1nc(C)cc1C. The third-order valence-corrected chi connectivity index (χ3v) is 2.42. The highest BCUT2D eigenvalue weighted by molar-refractivity contribution is 5.75. The average molecular weight is 211 g/mol. The second-order valence-electron chi connectivity index (χ2n) is 3.66.